The molecule has 138 valence electrons. The Balaban J connectivity index is 0.000000470. The molecule has 6 N–H and O–H groups in total. The van der Waals surface area contributed by atoms with E-state index in [2.05, 4.69) is 15.5 Å². The number of hydrogen-bond donors (Lipinski definition) is 5. The number of carboxylic acids is 1. The highest BCUT2D eigenvalue weighted by atomic mass is 32.2. The first-order valence-electron chi connectivity index (χ1n) is 6.56. The summed E-state index contributed by atoms with van der Waals surface area (Å²) in [5, 5.41) is 18.2. The molecule has 24 heavy (non-hydrogen) atoms. The molecule has 1 aromatic rings. The average Bonchev–Trinajstić information content (AvgIpc) is 2.39. The molecule has 13 heteroatoms. The highest BCUT2D eigenvalue weighted by Gasteiger charge is 2.22. The third-order valence-electron chi connectivity index (χ3n) is 2.35. The Morgan fingerprint density at radius 1 is 1.38 bits per heavy atom. The topological polar surface area (TPSA) is 181 Å². The molecule has 0 fully saturated rings. The summed E-state index contributed by atoms with van der Waals surface area (Å²) in [6.45, 7) is 5.26. The molecule has 0 bridgehead atoms. The fraction of sp³-hybridized carbons (Fsp3) is 0.636. The number of nitrogens with two attached hydrogens (primary N) is 1. The van der Waals surface area contributed by atoms with Crippen molar-refractivity contribution in [2.45, 2.75) is 31.3 Å². The molecule has 0 radical (unpaired) electrons. The predicted molar refractivity (Wildman–Crippen MR) is 89.5 cm³/mol. The smallest absolute Gasteiger partial charge is 0.339 e. The Hall–Kier alpha value is -1.46. The Bertz CT molecular complexity index is 668. The minimum absolute atomic E-state index is 0.281. The lowest BCUT2D eigenvalue weighted by Crippen LogP contribution is -2.37. The van der Waals surface area contributed by atoms with Gasteiger partial charge in [-0.1, -0.05) is 32.5 Å². The highest BCUT2D eigenvalue weighted by molar-refractivity contribution is 7.98. The van der Waals surface area contributed by atoms with Gasteiger partial charge >= 0.3 is 13.6 Å². The van der Waals surface area contributed by atoms with Crippen LogP contribution in [0.3, 0.4) is 0 Å². The monoisotopic (exact) mass is 383 g/mol. The molecule has 0 aliphatic rings. The van der Waals surface area contributed by atoms with E-state index in [4.69, 9.17) is 20.7 Å². The number of nitrogens with one attached hydrogen (secondary N) is 1. The Morgan fingerprint density at radius 2 is 1.92 bits per heavy atom. The number of carboxylic acid groups (broad SMARTS) is 1. The number of thioether (sulfide) groups is 1. The van der Waals surface area contributed by atoms with Crippen molar-refractivity contribution >= 4 is 25.3 Å². The Kier molecular flexibility index (Phi) is 8.58. The molecule has 0 aliphatic heterocycles. The first-order chi connectivity index (χ1) is 10.8. The molecule has 0 amide bonds. The maximum atomic E-state index is 11.7. The maximum absolute atomic E-state index is 11.7. The number of nitrogen functional groups attached to an aromatic ring is 1. The fourth-order valence-electron chi connectivity index (χ4n) is 1.30. The van der Waals surface area contributed by atoms with E-state index in [9.17, 15) is 14.2 Å². The molecule has 0 saturated heterocycles. The van der Waals surface area contributed by atoms with E-state index in [1.165, 1.54) is 11.8 Å². The molecular formula is C11H22N5O6PS. The first kappa shape index (κ1) is 22.5. The van der Waals surface area contributed by atoms with Crippen LogP contribution < -0.4 is 16.7 Å². The first-order valence-corrected chi connectivity index (χ1v) is 9.58. The second kappa shape index (κ2) is 9.14. The van der Waals surface area contributed by atoms with E-state index in [0.717, 1.165) is 4.68 Å². The Morgan fingerprint density at radius 3 is 2.29 bits per heavy atom. The van der Waals surface area contributed by atoms with E-state index >= 15 is 0 Å². The van der Waals surface area contributed by atoms with Crippen molar-refractivity contribution in [2.24, 2.45) is 0 Å². The third kappa shape index (κ3) is 8.41. The number of hydrogen-bond acceptors (Lipinski definition) is 8. The largest absolute Gasteiger partial charge is 0.480 e. The summed E-state index contributed by atoms with van der Waals surface area (Å²) in [7, 11) is -4.10. The number of nitrogens with zero attached hydrogens (tertiary/aromatic N) is 3. The van der Waals surface area contributed by atoms with Crippen LogP contribution >= 0.6 is 19.4 Å². The van der Waals surface area contributed by atoms with Gasteiger partial charge in [-0.15, -0.1) is 10.2 Å². The summed E-state index contributed by atoms with van der Waals surface area (Å²) < 4.78 is 11.1. The highest BCUT2D eigenvalue weighted by Crippen LogP contribution is 2.31. The van der Waals surface area contributed by atoms with Crippen LogP contribution in [-0.2, 0) is 14.8 Å². The van der Waals surface area contributed by atoms with Gasteiger partial charge in [-0.05, 0) is 6.26 Å². The second-order valence-electron chi connectivity index (χ2n) is 5.60. The van der Waals surface area contributed by atoms with Crippen LogP contribution in [0.1, 0.15) is 26.5 Å². The molecule has 0 aromatic carbocycles. The summed E-state index contributed by atoms with van der Waals surface area (Å²) in [4.78, 5) is 37.9. The van der Waals surface area contributed by atoms with Crippen molar-refractivity contribution in [3.8, 4) is 0 Å². The second-order valence-corrected chi connectivity index (χ2v) is 8.02. The molecule has 0 atom stereocenters. The van der Waals surface area contributed by atoms with Gasteiger partial charge in [0.15, 0.2) is 0 Å². The minimum Gasteiger partial charge on any atom is -0.480 e. The minimum atomic E-state index is -4.10. The lowest BCUT2D eigenvalue weighted by atomic mass is 9.93. The van der Waals surface area contributed by atoms with Gasteiger partial charge in [-0.2, -0.15) is 4.68 Å². The number of aromatic nitrogens is 3. The van der Waals surface area contributed by atoms with Crippen LogP contribution in [0.15, 0.2) is 9.95 Å². The number of carbonyl (C=O) groups is 1. The summed E-state index contributed by atoms with van der Waals surface area (Å²) in [6.07, 6.45) is 1.20. The van der Waals surface area contributed by atoms with Crippen molar-refractivity contribution in [3.05, 3.63) is 16.0 Å². The summed E-state index contributed by atoms with van der Waals surface area (Å²) in [6, 6.07) is 0. The van der Waals surface area contributed by atoms with Crippen molar-refractivity contribution in [1.82, 2.24) is 20.2 Å². The summed E-state index contributed by atoms with van der Waals surface area (Å²) in [5.41, 5.74) is -0.225. The van der Waals surface area contributed by atoms with Gasteiger partial charge in [0.2, 0.25) is 5.16 Å². The van der Waals surface area contributed by atoms with Crippen LogP contribution in [-0.4, -0.2) is 54.8 Å². The van der Waals surface area contributed by atoms with Crippen LogP contribution in [0.5, 0.6) is 0 Å². The molecular weight excluding hydrogens is 361 g/mol. The summed E-state index contributed by atoms with van der Waals surface area (Å²) in [5.74, 6) is 4.43. The Labute approximate surface area is 142 Å². The zero-order valence-corrected chi connectivity index (χ0v) is 15.5. The summed E-state index contributed by atoms with van der Waals surface area (Å²) >= 11 is 1.29. The number of aliphatic carboxylic acids is 1. The van der Waals surface area contributed by atoms with Gasteiger partial charge in [-0.25, -0.2) is 0 Å². The zero-order chi connectivity index (χ0) is 19.1. The average molecular weight is 383 g/mol. The quantitative estimate of drug-likeness (QED) is 0.243. The van der Waals surface area contributed by atoms with E-state index in [1.54, 1.807) is 6.26 Å². The van der Waals surface area contributed by atoms with E-state index in [1.807, 2.05) is 20.8 Å². The number of rotatable bonds is 5. The van der Waals surface area contributed by atoms with Crippen molar-refractivity contribution in [3.63, 3.8) is 0 Å². The molecule has 1 rings (SSSR count). The molecule has 11 nitrogen and oxygen atoms in total. The third-order valence-corrected chi connectivity index (χ3v) is 3.63. The van der Waals surface area contributed by atoms with Gasteiger partial charge < -0.3 is 20.7 Å². The van der Waals surface area contributed by atoms with Crippen molar-refractivity contribution in [1.29, 1.82) is 0 Å². The lowest BCUT2D eigenvalue weighted by Gasteiger charge is -2.16. The van der Waals surface area contributed by atoms with Gasteiger partial charge in [0, 0.05) is 5.41 Å². The van der Waals surface area contributed by atoms with Crippen LogP contribution in [0.4, 0.5) is 0 Å². The molecule has 1 aromatic heterocycles. The van der Waals surface area contributed by atoms with Crippen LogP contribution in [0, 0.1) is 0 Å². The van der Waals surface area contributed by atoms with Gasteiger partial charge in [-0.3, -0.25) is 19.5 Å². The van der Waals surface area contributed by atoms with Gasteiger partial charge in [0.25, 0.3) is 5.56 Å². The predicted octanol–water partition coefficient (Wildman–Crippen LogP) is -0.833. The lowest BCUT2D eigenvalue weighted by molar-refractivity contribution is -0.135. The maximum Gasteiger partial charge on any atom is 0.339 e. The zero-order valence-electron chi connectivity index (χ0n) is 13.8. The normalized spacial score (nSPS) is 11.6. The van der Waals surface area contributed by atoms with Crippen molar-refractivity contribution < 1.29 is 24.3 Å². The molecule has 1 heterocycles. The molecule has 0 spiro atoms. The van der Waals surface area contributed by atoms with E-state index in [-0.39, 0.29) is 11.0 Å². The standard InChI is InChI=1S/C8H14N4OS.C3H8NO5P/c1-8(2,3)5-6(13)12(9)7(14-4)11-10-5;5-3(6)1-4-2-10(7,8)9/h9H2,1-4H3;4H,1-2H2,(H,5,6)(H2,7,8,9). The fourth-order valence-corrected chi connectivity index (χ4v) is 2.11. The molecule has 0 unspecified atom stereocenters. The SMILES string of the molecule is CSc1nnc(C(C)(C)C)c(=O)n1N.O=C(O)CNCP(=O)(O)O. The van der Waals surface area contributed by atoms with Crippen molar-refractivity contribution in [2.75, 3.05) is 24.9 Å². The molecule has 0 aliphatic carbocycles. The van der Waals surface area contributed by atoms with Crippen LogP contribution in [0.2, 0.25) is 0 Å². The van der Waals surface area contributed by atoms with E-state index in [0.29, 0.717) is 10.9 Å². The van der Waals surface area contributed by atoms with Gasteiger partial charge in [0.05, 0.1) is 12.8 Å². The molecule has 0 saturated carbocycles. The van der Waals surface area contributed by atoms with E-state index < -0.39 is 26.4 Å². The van der Waals surface area contributed by atoms with Crippen LogP contribution in [0.25, 0.3) is 0 Å². The van der Waals surface area contributed by atoms with Gasteiger partial charge in [0.1, 0.15) is 5.69 Å².